The van der Waals surface area contributed by atoms with E-state index in [-0.39, 0.29) is 5.97 Å². The topological polar surface area (TPSA) is 38.7 Å². The highest BCUT2D eigenvalue weighted by atomic mass is 35.5. The van der Waals surface area contributed by atoms with Gasteiger partial charge in [0.2, 0.25) is 0 Å². The van der Waals surface area contributed by atoms with Gasteiger partial charge in [-0.2, -0.15) is 0 Å². The first-order valence-electron chi connectivity index (χ1n) is 3.60. The largest absolute Gasteiger partial charge is 0.335 e. The highest BCUT2D eigenvalue weighted by molar-refractivity contribution is 6.54. The minimum atomic E-state index is -0.723. The molecule has 0 aromatic rings. The molecule has 0 aliphatic heterocycles. The van der Waals surface area contributed by atoms with Gasteiger partial charge in [-0.1, -0.05) is 35.3 Å². The van der Waals surface area contributed by atoms with Gasteiger partial charge in [0.05, 0.1) is 5.71 Å². The number of alkyl halides is 2. The summed E-state index contributed by atoms with van der Waals surface area (Å²) in [5, 5.41) is 3.45. The van der Waals surface area contributed by atoms with Crippen LogP contribution in [0.3, 0.4) is 0 Å². The summed E-state index contributed by atoms with van der Waals surface area (Å²) in [6.07, 6.45) is 1.09. The first-order chi connectivity index (χ1) is 5.57. The monoisotopic (exact) mass is 211 g/mol. The van der Waals surface area contributed by atoms with Crippen LogP contribution in [0.4, 0.5) is 0 Å². The summed E-state index contributed by atoms with van der Waals surface area (Å²) in [6, 6.07) is 0. The lowest BCUT2D eigenvalue weighted by Gasteiger charge is -1.99. The molecule has 0 aromatic heterocycles. The van der Waals surface area contributed by atoms with Crippen molar-refractivity contribution in [1.82, 2.24) is 0 Å². The first-order valence-corrected chi connectivity index (χ1v) is 4.47. The van der Waals surface area contributed by atoms with E-state index in [0.717, 1.165) is 6.42 Å². The van der Waals surface area contributed by atoms with Crippen molar-refractivity contribution in [3.63, 3.8) is 0 Å². The number of rotatable bonds is 4. The van der Waals surface area contributed by atoms with E-state index in [2.05, 4.69) is 9.99 Å². The molecule has 0 N–H and O–H groups in total. The summed E-state index contributed by atoms with van der Waals surface area (Å²) in [7, 11) is 0. The molecule has 0 rings (SSSR count). The van der Waals surface area contributed by atoms with E-state index >= 15 is 0 Å². The highest BCUT2D eigenvalue weighted by Gasteiger charge is 2.05. The lowest BCUT2D eigenvalue weighted by molar-refractivity contribution is -0.143. The Hall–Kier alpha value is -0.280. The Morgan fingerprint density at radius 3 is 2.58 bits per heavy atom. The van der Waals surface area contributed by atoms with Crippen molar-refractivity contribution in [2.75, 3.05) is 0 Å². The Bertz CT molecular complexity index is 180. The zero-order chi connectivity index (χ0) is 9.56. The fourth-order valence-corrected chi connectivity index (χ4v) is 0.492. The number of halogens is 2. The Labute approximate surface area is 81.7 Å². The molecule has 0 saturated carbocycles. The molecule has 0 aromatic carbocycles. The van der Waals surface area contributed by atoms with Crippen molar-refractivity contribution in [2.24, 2.45) is 5.16 Å². The van der Waals surface area contributed by atoms with E-state index in [1.165, 1.54) is 0 Å². The van der Waals surface area contributed by atoms with E-state index in [0.29, 0.717) is 12.1 Å². The van der Waals surface area contributed by atoms with Crippen LogP contribution in [0.2, 0.25) is 0 Å². The molecule has 0 radical (unpaired) electrons. The van der Waals surface area contributed by atoms with Gasteiger partial charge in [-0.3, -0.25) is 0 Å². The molecule has 5 heteroatoms. The number of nitrogens with zero attached hydrogens (tertiary/aromatic N) is 1. The average molecular weight is 212 g/mol. The Kier molecular flexibility index (Phi) is 6.11. The second-order valence-electron chi connectivity index (χ2n) is 2.25. The molecule has 0 spiro atoms. The van der Waals surface area contributed by atoms with Crippen molar-refractivity contribution in [2.45, 2.75) is 31.5 Å². The third kappa shape index (κ3) is 5.38. The summed E-state index contributed by atoms with van der Waals surface area (Å²) in [5.74, 6) is -0.370. The Morgan fingerprint density at radius 2 is 2.17 bits per heavy atom. The fraction of sp³-hybridized carbons (Fsp3) is 0.714. The highest BCUT2D eigenvalue weighted by Crippen LogP contribution is 2.04. The predicted octanol–water partition coefficient (Wildman–Crippen LogP) is 2.51. The van der Waals surface area contributed by atoms with Gasteiger partial charge in [-0.05, 0) is 13.3 Å². The van der Waals surface area contributed by atoms with E-state index in [1.54, 1.807) is 6.92 Å². The molecule has 0 unspecified atom stereocenters. The van der Waals surface area contributed by atoms with Crippen LogP contribution in [-0.2, 0) is 9.63 Å². The number of hydrogen-bond acceptors (Lipinski definition) is 3. The Balaban J connectivity index is 3.79. The molecule has 12 heavy (non-hydrogen) atoms. The molecular weight excluding hydrogens is 201 g/mol. The maximum atomic E-state index is 10.8. The van der Waals surface area contributed by atoms with Gasteiger partial charge in [0, 0.05) is 6.42 Å². The van der Waals surface area contributed by atoms with Crippen LogP contribution in [0.5, 0.6) is 0 Å². The average Bonchev–Trinajstić information content (AvgIpc) is 2.00. The molecule has 0 heterocycles. The molecule has 0 aliphatic rings. The van der Waals surface area contributed by atoms with Gasteiger partial charge in [-0.15, -0.1) is 0 Å². The number of carbonyl (C=O) groups excluding carboxylic acids is 1. The van der Waals surface area contributed by atoms with Gasteiger partial charge in [0.25, 0.3) is 0 Å². The van der Waals surface area contributed by atoms with Crippen molar-refractivity contribution in [3.05, 3.63) is 0 Å². The van der Waals surface area contributed by atoms with Gasteiger partial charge in [0.15, 0.2) is 0 Å². The quantitative estimate of drug-likeness (QED) is 0.311. The molecule has 0 aliphatic carbocycles. The van der Waals surface area contributed by atoms with Crippen molar-refractivity contribution >= 4 is 34.9 Å². The molecule has 0 fully saturated rings. The van der Waals surface area contributed by atoms with Gasteiger partial charge in [0.1, 0.15) is 4.84 Å². The fourth-order valence-electron chi connectivity index (χ4n) is 0.413. The van der Waals surface area contributed by atoms with Crippen LogP contribution >= 0.6 is 23.2 Å². The molecule has 0 saturated heterocycles. The maximum absolute atomic E-state index is 10.8. The van der Waals surface area contributed by atoms with E-state index in [4.69, 9.17) is 23.2 Å². The normalized spacial score (nSPS) is 11.9. The zero-order valence-corrected chi connectivity index (χ0v) is 8.52. The lowest BCUT2D eigenvalue weighted by Crippen LogP contribution is -2.06. The SMILES string of the molecule is CCCC(=O)ON=C(C)C(Cl)Cl. The van der Waals surface area contributed by atoms with Gasteiger partial charge in [-0.25, -0.2) is 4.79 Å². The standard InChI is InChI=1S/C7H11Cl2NO2/c1-3-4-6(11)12-10-5(2)7(8)9/h7H,3-4H2,1-2H3. The molecule has 70 valence electrons. The van der Waals surface area contributed by atoms with Crippen LogP contribution in [0.15, 0.2) is 5.16 Å². The predicted molar refractivity (Wildman–Crippen MR) is 49.6 cm³/mol. The van der Waals surface area contributed by atoms with Gasteiger partial charge >= 0.3 is 5.97 Å². The minimum Gasteiger partial charge on any atom is -0.318 e. The first kappa shape index (κ1) is 11.7. The number of hydrogen-bond donors (Lipinski definition) is 0. The summed E-state index contributed by atoms with van der Waals surface area (Å²) < 4.78 is 0. The summed E-state index contributed by atoms with van der Waals surface area (Å²) in [6.45, 7) is 3.47. The third-order valence-corrected chi connectivity index (χ3v) is 1.69. The van der Waals surface area contributed by atoms with E-state index in [1.807, 2.05) is 6.92 Å². The summed E-state index contributed by atoms with van der Waals surface area (Å²) in [4.78, 5) is 14.5. The number of oxime groups is 1. The lowest BCUT2D eigenvalue weighted by atomic mass is 10.3. The van der Waals surface area contributed by atoms with Crippen molar-refractivity contribution in [3.8, 4) is 0 Å². The van der Waals surface area contributed by atoms with Crippen molar-refractivity contribution in [1.29, 1.82) is 0 Å². The number of carbonyl (C=O) groups is 1. The Morgan fingerprint density at radius 1 is 1.58 bits per heavy atom. The smallest absolute Gasteiger partial charge is 0.318 e. The van der Waals surface area contributed by atoms with Crippen LogP contribution in [0.1, 0.15) is 26.7 Å². The molecular formula is C7H11Cl2NO2. The van der Waals surface area contributed by atoms with Gasteiger partial charge < -0.3 is 4.84 Å². The van der Waals surface area contributed by atoms with Crippen LogP contribution in [0.25, 0.3) is 0 Å². The van der Waals surface area contributed by atoms with E-state index in [9.17, 15) is 4.79 Å². The second kappa shape index (κ2) is 6.26. The van der Waals surface area contributed by atoms with Crippen LogP contribution < -0.4 is 0 Å². The van der Waals surface area contributed by atoms with E-state index < -0.39 is 4.84 Å². The molecule has 3 nitrogen and oxygen atoms in total. The molecule has 0 atom stereocenters. The van der Waals surface area contributed by atoms with Crippen LogP contribution in [-0.4, -0.2) is 16.5 Å². The summed E-state index contributed by atoms with van der Waals surface area (Å²) >= 11 is 10.9. The minimum absolute atomic E-state index is 0.353. The van der Waals surface area contributed by atoms with Crippen molar-refractivity contribution < 1.29 is 9.63 Å². The second-order valence-corrected chi connectivity index (χ2v) is 3.34. The third-order valence-electron chi connectivity index (χ3n) is 1.06. The maximum Gasteiger partial charge on any atom is 0.335 e. The zero-order valence-electron chi connectivity index (χ0n) is 7.01. The molecule has 0 bridgehead atoms. The summed E-state index contributed by atoms with van der Waals surface area (Å²) in [5.41, 5.74) is 0.378. The molecule has 0 amide bonds. The van der Waals surface area contributed by atoms with Crippen LogP contribution in [0, 0.1) is 0 Å².